The smallest absolute Gasteiger partial charge is 0.158 e. The van der Waals surface area contributed by atoms with E-state index in [9.17, 15) is 0 Å². The summed E-state index contributed by atoms with van der Waals surface area (Å²) in [6.45, 7) is 1.48. The van der Waals surface area contributed by atoms with Crippen molar-refractivity contribution in [2.75, 3.05) is 18.9 Å². The fourth-order valence-electron chi connectivity index (χ4n) is 4.55. The van der Waals surface area contributed by atoms with Crippen LogP contribution in [-0.2, 0) is 22.3 Å². The van der Waals surface area contributed by atoms with Gasteiger partial charge in [-0.2, -0.15) is 0 Å². The van der Waals surface area contributed by atoms with Crippen LogP contribution < -0.4 is 5.73 Å². The molecule has 3 nitrogen and oxygen atoms in total. The first-order chi connectivity index (χ1) is 12.3. The van der Waals surface area contributed by atoms with E-state index < -0.39 is 0 Å². The summed E-state index contributed by atoms with van der Waals surface area (Å²) >= 11 is 0. The quantitative estimate of drug-likeness (QED) is 0.557. The van der Waals surface area contributed by atoms with Crippen molar-refractivity contribution < 1.29 is 9.47 Å². The lowest BCUT2D eigenvalue weighted by Gasteiger charge is -2.27. The van der Waals surface area contributed by atoms with Crippen LogP contribution in [0.2, 0.25) is 0 Å². The Balaban J connectivity index is 1.57. The van der Waals surface area contributed by atoms with Crippen molar-refractivity contribution in [1.82, 2.24) is 0 Å². The van der Waals surface area contributed by atoms with Gasteiger partial charge in [-0.3, -0.25) is 0 Å². The molecule has 1 aliphatic carbocycles. The molecular formula is C22H23NO2. The van der Waals surface area contributed by atoms with E-state index in [-0.39, 0.29) is 6.29 Å². The maximum Gasteiger partial charge on any atom is 0.158 e. The van der Waals surface area contributed by atoms with Crippen LogP contribution in [0, 0.1) is 5.92 Å². The summed E-state index contributed by atoms with van der Waals surface area (Å²) in [7, 11) is 0. The van der Waals surface area contributed by atoms with Crippen LogP contribution in [0.1, 0.15) is 24.0 Å². The topological polar surface area (TPSA) is 44.5 Å². The van der Waals surface area contributed by atoms with Gasteiger partial charge in [-0.05, 0) is 58.5 Å². The molecule has 0 radical (unpaired) electrons. The number of nitrogen functional groups attached to an aromatic ring is 1. The highest BCUT2D eigenvalue weighted by molar-refractivity contribution is 6.12. The van der Waals surface area contributed by atoms with E-state index in [0.29, 0.717) is 5.92 Å². The molecule has 128 valence electrons. The molecule has 0 amide bonds. The highest BCUT2D eigenvalue weighted by atomic mass is 16.7. The second-order valence-corrected chi connectivity index (χ2v) is 7.32. The molecule has 1 fully saturated rings. The van der Waals surface area contributed by atoms with Gasteiger partial charge in [0.25, 0.3) is 0 Å². The Morgan fingerprint density at radius 1 is 0.880 bits per heavy atom. The molecule has 1 heterocycles. The fraction of sp³-hybridized carbons (Fsp3) is 0.364. The van der Waals surface area contributed by atoms with Gasteiger partial charge in [0.2, 0.25) is 0 Å². The van der Waals surface area contributed by atoms with Crippen molar-refractivity contribution in [2.24, 2.45) is 5.92 Å². The predicted molar refractivity (Wildman–Crippen MR) is 102 cm³/mol. The van der Waals surface area contributed by atoms with Crippen molar-refractivity contribution in [1.29, 1.82) is 0 Å². The number of nitrogens with two attached hydrogens (primary N) is 1. The molecule has 25 heavy (non-hydrogen) atoms. The summed E-state index contributed by atoms with van der Waals surface area (Å²) in [4.78, 5) is 0. The number of aryl methyl sites for hydroxylation is 1. The number of hydrogen-bond donors (Lipinski definition) is 1. The molecule has 2 aliphatic rings. The SMILES string of the molecule is Nc1cccc2c1ccc1c3c(ccc12)CCC(CC1OCCO1)C3. The van der Waals surface area contributed by atoms with E-state index in [1.807, 2.05) is 12.1 Å². The molecule has 3 aromatic carbocycles. The number of ether oxygens (including phenoxy) is 2. The zero-order chi connectivity index (χ0) is 16.8. The first-order valence-electron chi connectivity index (χ1n) is 9.24. The third-order valence-corrected chi connectivity index (χ3v) is 5.83. The van der Waals surface area contributed by atoms with E-state index in [2.05, 4.69) is 30.3 Å². The summed E-state index contributed by atoms with van der Waals surface area (Å²) < 4.78 is 11.3. The second-order valence-electron chi connectivity index (χ2n) is 7.32. The number of hydrogen-bond acceptors (Lipinski definition) is 3. The van der Waals surface area contributed by atoms with Gasteiger partial charge in [-0.1, -0.05) is 36.4 Å². The van der Waals surface area contributed by atoms with Crippen molar-refractivity contribution in [3.8, 4) is 0 Å². The number of anilines is 1. The van der Waals surface area contributed by atoms with Crippen LogP contribution in [0.5, 0.6) is 0 Å². The number of benzene rings is 3. The number of rotatable bonds is 2. The average Bonchev–Trinajstić information content (AvgIpc) is 3.14. The van der Waals surface area contributed by atoms with Crippen molar-refractivity contribution in [2.45, 2.75) is 32.0 Å². The first kappa shape index (κ1) is 15.2. The Morgan fingerprint density at radius 3 is 2.52 bits per heavy atom. The number of fused-ring (bicyclic) bond motifs is 5. The summed E-state index contributed by atoms with van der Waals surface area (Å²) in [6.07, 6.45) is 4.50. The van der Waals surface area contributed by atoms with Gasteiger partial charge >= 0.3 is 0 Å². The predicted octanol–water partition coefficient (Wildman–Crippen LogP) is 4.44. The molecule has 1 aliphatic heterocycles. The first-order valence-corrected chi connectivity index (χ1v) is 9.24. The van der Waals surface area contributed by atoms with Crippen LogP contribution in [0.15, 0.2) is 42.5 Å². The molecule has 5 rings (SSSR count). The molecule has 0 saturated carbocycles. The Hall–Kier alpha value is -2.10. The van der Waals surface area contributed by atoms with Gasteiger partial charge in [0.1, 0.15) is 0 Å². The Labute approximate surface area is 147 Å². The Morgan fingerprint density at radius 2 is 1.64 bits per heavy atom. The standard InChI is InChI=1S/C22H23NO2/c23-21-3-1-2-16-17-7-6-15-5-4-14(13-22-24-10-11-25-22)12-20(15)18(17)8-9-19(16)21/h1-3,6-9,14,22H,4-5,10-13,23H2. The van der Waals surface area contributed by atoms with E-state index in [0.717, 1.165) is 43.5 Å². The van der Waals surface area contributed by atoms with Crippen molar-refractivity contribution in [3.63, 3.8) is 0 Å². The van der Waals surface area contributed by atoms with Gasteiger partial charge in [0, 0.05) is 17.5 Å². The van der Waals surface area contributed by atoms with Crippen LogP contribution in [0.25, 0.3) is 21.5 Å². The summed E-state index contributed by atoms with van der Waals surface area (Å²) in [5, 5.41) is 5.10. The van der Waals surface area contributed by atoms with Crippen LogP contribution in [0.3, 0.4) is 0 Å². The molecule has 1 atom stereocenters. The van der Waals surface area contributed by atoms with Crippen LogP contribution >= 0.6 is 0 Å². The molecule has 3 heteroatoms. The zero-order valence-electron chi connectivity index (χ0n) is 14.3. The Bertz CT molecular complexity index is 944. The van der Waals surface area contributed by atoms with E-state index in [1.54, 1.807) is 0 Å². The highest BCUT2D eigenvalue weighted by Gasteiger charge is 2.26. The fourth-order valence-corrected chi connectivity index (χ4v) is 4.55. The molecule has 3 aromatic rings. The van der Waals surface area contributed by atoms with E-state index in [4.69, 9.17) is 15.2 Å². The van der Waals surface area contributed by atoms with Gasteiger partial charge in [0.05, 0.1) is 13.2 Å². The lowest BCUT2D eigenvalue weighted by molar-refractivity contribution is -0.0578. The monoisotopic (exact) mass is 333 g/mol. The summed E-state index contributed by atoms with van der Waals surface area (Å²) in [5.41, 5.74) is 10.0. The minimum absolute atomic E-state index is 0.00200. The van der Waals surface area contributed by atoms with Gasteiger partial charge in [-0.15, -0.1) is 0 Å². The Kier molecular flexibility index (Phi) is 3.65. The lowest BCUT2D eigenvalue weighted by Crippen LogP contribution is -2.21. The molecular weight excluding hydrogens is 310 g/mol. The molecule has 1 saturated heterocycles. The molecule has 1 unspecified atom stereocenters. The zero-order valence-corrected chi connectivity index (χ0v) is 14.3. The minimum Gasteiger partial charge on any atom is -0.398 e. The average molecular weight is 333 g/mol. The summed E-state index contributed by atoms with van der Waals surface area (Å²) in [6, 6.07) is 15.2. The van der Waals surface area contributed by atoms with Crippen molar-refractivity contribution in [3.05, 3.63) is 53.6 Å². The normalized spacial score (nSPS) is 21.0. The molecule has 0 bridgehead atoms. The van der Waals surface area contributed by atoms with Gasteiger partial charge in [0.15, 0.2) is 6.29 Å². The maximum atomic E-state index is 6.17. The third kappa shape index (κ3) is 2.59. The molecule has 0 aromatic heterocycles. The second kappa shape index (κ2) is 6.01. The van der Waals surface area contributed by atoms with Crippen LogP contribution in [-0.4, -0.2) is 19.5 Å². The van der Waals surface area contributed by atoms with Crippen LogP contribution in [0.4, 0.5) is 5.69 Å². The van der Waals surface area contributed by atoms with E-state index in [1.165, 1.54) is 33.7 Å². The van der Waals surface area contributed by atoms with Crippen molar-refractivity contribution >= 4 is 27.2 Å². The lowest BCUT2D eigenvalue weighted by atomic mass is 9.79. The molecule has 0 spiro atoms. The molecule has 2 N–H and O–H groups in total. The van der Waals surface area contributed by atoms with Gasteiger partial charge in [-0.25, -0.2) is 0 Å². The summed E-state index contributed by atoms with van der Waals surface area (Å²) in [5.74, 6) is 0.637. The minimum atomic E-state index is 0.00200. The van der Waals surface area contributed by atoms with E-state index >= 15 is 0 Å². The largest absolute Gasteiger partial charge is 0.398 e. The highest BCUT2D eigenvalue weighted by Crippen LogP contribution is 2.37. The van der Waals surface area contributed by atoms with Gasteiger partial charge < -0.3 is 15.2 Å². The third-order valence-electron chi connectivity index (χ3n) is 5.83. The maximum absolute atomic E-state index is 6.17.